The maximum absolute atomic E-state index is 13.2. The molecule has 0 radical (unpaired) electrons. The molecule has 0 amide bonds. The van der Waals surface area contributed by atoms with Crippen LogP contribution in [0.1, 0.15) is 23.4 Å². The fraction of sp³-hybridized carbons (Fsp3) is 0.300. The summed E-state index contributed by atoms with van der Waals surface area (Å²) in [7, 11) is 0. The first-order valence-corrected chi connectivity index (χ1v) is 10.2. The van der Waals surface area contributed by atoms with Crippen LogP contribution in [-0.4, -0.2) is 37.6 Å². The molecule has 29 heavy (non-hydrogen) atoms. The van der Waals surface area contributed by atoms with Crippen LogP contribution in [0.3, 0.4) is 0 Å². The zero-order valence-corrected chi connectivity index (χ0v) is 16.2. The Labute approximate surface area is 168 Å². The molecule has 4 aromatic heterocycles. The summed E-state index contributed by atoms with van der Waals surface area (Å²) >= 11 is 1.70. The molecule has 1 aliphatic heterocycles. The van der Waals surface area contributed by atoms with Crippen LogP contribution in [0.4, 0.5) is 13.2 Å². The SMILES string of the molecule is FC(F)(F)c1[nH]ncc1-c1ccc2ncc(-c3ccc(CN4CCCC4)s3)n2c1. The normalized spacial score (nSPS) is 15.6. The average Bonchev–Trinajstić information content (AvgIpc) is 3.47. The number of aromatic amines is 1. The van der Waals surface area contributed by atoms with E-state index in [1.165, 1.54) is 23.9 Å². The lowest BCUT2D eigenvalue weighted by Crippen LogP contribution is -2.17. The highest BCUT2D eigenvalue weighted by atomic mass is 32.1. The quantitative estimate of drug-likeness (QED) is 0.505. The molecule has 0 aliphatic carbocycles. The van der Waals surface area contributed by atoms with E-state index < -0.39 is 11.9 Å². The highest BCUT2D eigenvalue weighted by molar-refractivity contribution is 7.15. The molecule has 0 aromatic carbocycles. The molecular weight excluding hydrogens is 399 g/mol. The van der Waals surface area contributed by atoms with Crippen molar-refractivity contribution >= 4 is 17.0 Å². The second-order valence-corrected chi connectivity index (χ2v) is 8.36. The van der Waals surface area contributed by atoms with Gasteiger partial charge in [-0.15, -0.1) is 11.3 Å². The number of aromatic nitrogens is 4. The van der Waals surface area contributed by atoms with Gasteiger partial charge in [-0.05, 0) is 50.2 Å². The highest BCUT2D eigenvalue weighted by Crippen LogP contribution is 2.36. The van der Waals surface area contributed by atoms with Gasteiger partial charge < -0.3 is 0 Å². The third-order valence-electron chi connectivity index (χ3n) is 5.23. The number of halogens is 3. The maximum Gasteiger partial charge on any atom is 0.433 e. The van der Waals surface area contributed by atoms with E-state index in [-0.39, 0.29) is 5.56 Å². The van der Waals surface area contributed by atoms with Crippen molar-refractivity contribution in [1.82, 2.24) is 24.5 Å². The predicted octanol–water partition coefficient (Wildman–Crippen LogP) is 5.07. The van der Waals surface area contributed by atoms with Gasteiger partial charge in [-0.25, -0.2) is 4.98 Å². The Morgan fingerprint density at radius 2 is 1.90 bits per heavy atom. The summed E-state index contributed by atoms with van der Waals surface area (Å²) in [5, 5.41) is 5.66. The van der Waals surface area contributed by atoms with Crippen LogP contribution in [0.5, 0.6) is 0 Å². The molecule has 0 atom stereocenters. The standard InChI is InChI=1S/C20H18F3N5S/c21-20(22,23)19-15(9-25-26-19)13-3-6-18-24-10-16(28(18)11-13)17-5-4-14(29-17)12-27-7-1-2-8-27/h3-6,9-11H,1-2,7-8,12H2,(H,25,26). The highest BCUT2D eigenvalue weighted by Gasteiger charge is 2.36. The second-order valence-electron chi connectivity index (χ2n) is 7.20. The first kappa shape index (κ1) is 18.4. The molecule has 9 heteroatoms. The van der Waals surface area contributed by atoms with Crippen LogP contribution in [0.25, 0.3) is 27.3 Å². The molecule has 0 saturated carbocycles. The second kappa shape index (κ2) is 7.00. The molecule has 0 spiro atoms. The molecule has 0 unspecified atom stereocenters. The van der Waals surface area contributed by atoms with E-state index in [1.807, 2.05) is 4.40 Å². The summed E-state index contributed by atoms with van der Waals surface area (Å²) in [5.41, 5.74) is 1.18. The summed E-state index contributed by atoms with van der Waals surface area (Å²) in [5.74, 6) is 0. The van der Waals surface area contributed by atoms with Crippen LogP contribution in [0, 0.1) is 0 Å². The fourth-order valence-electron chi connectivity index (χ4n) is 3.80. The topological polar surface area (TPSA) is 49.2 Å². The third-order valence-corrected chi connectivity index (χ3v) is 6.32. The predicted molar refractivity (Wildman–Crippen MR) is 106 cm³/mol. The lowest BCUT2D eigenvalue weighted by atomic mass is 10.1. The van der Waals surface area contributed by atoms with E-state index in [0.29, 0.717) is 11.2 Å². The van der Waals surface area contributed by atoms with E-state index in [2.05, 4.69) is 32.2 Å². The van der Waals surface area contributed by atoms with Crippen LogP contribution in [0.2, 0.25) is 0 Å². The molecule has 150 valence electrons. The van der Waals surface area contributed by atoms with Crippen molar-refractivity contribution in [2.24, 2.45) is 0 Å². The average molecular weight is 417 g/mol. The van der Waals surface area contributed by atoms with Gasteiger partial charge in [0.05, 0.1) is 23.0 Å². The number of rotatable bonds is 4. The lowest BCUT2D eigenvalue weighted by Gasteiger charge is -2.12. The van der Waals surface area contributed by atoms with E-state index in [4.69, 9.17) is 0 Å². The van der Waals surface area contributed by atoms with Crippen molar-refractivity contribution in [1.29, 1.82) is 0 Å². The van der Waals surface area contributed by atoms with Crippen molar-refractivity contribution in [3.8, 4) is 21.7 Å². The zero-order chi connectivity index (χ0) is 20.0. The number of hydrogen-bond acceptors (Lipinski definition) is 4. The Bertz CT molecular complexity index is 1150. The summed E-state index contributed by atoms with van der Waals surface area (Å²) in [4.78, 5) is 9.19. The number of hydrogen-bond donors (Lipinski definition) is 1. The lowest BCUT2D eigenvalue weighted by molar-refractivity contribution is -0.140. The molecule has 1 N–H and O–H groups in total. The number of H-pyrrole nitrogens is 1. The van der Waals surface area contributed by atoms with Crippen LogP contribution in [-0.2, 0) is 12.7 Å². The van der Waals surface area contributed by atoms with Gasteiger partial charge >= 0.3 is 6.18 Å². The summed E-state index contributed by atoms with van der Waals surface area (Å²) in [6, 6.07) is 7.55. The molecule has 1 saturated heterocycles. The molecule has 1 fully saturated rings. The number of alkyl halides is 3. The Hall–Kier alpha value is -2.65. The smallest absolute Gasteiger partial charge is 0.298 e. The zero-order valence-electron chi connectivity index (χ0n) is 15.4. The Morgan fingerprint density at radius 3 is 2.69 bits per heavy atom. The Balaban J connectivity index is 1.51. The van der Waals surface area contributed by atoms with Gasteiger partial charge in [-0.3, -0.25) is 14.4 Å². The minimum Gasteiger partial charge on any atom is -0.298 e. The largest absolute Gasteiger partial charge is 0.433 e. The Kier molecular flexibility index (Phi) is 4.44. The summed E-state index contributed by atoms with van der Waals surface area (Å²) < 4.78 is 41.6. The molecule has 4 aromatic rings. The number of nitrogens with zero attached hydrogens (tertiary/aromatic N) is 4. The van der Waals surface area contributed by atoms with Crippen molar-refractivity contribution in [3.05, 3.63) is 53.4 Å². The van der Waals surface area contributed by atoms with Crippen molar-refractivity contribution < 1.29 is 13.2 Å². The van der Waals surface area contributed by atoms with Crippen LogP contribution in [0.15, 0.2) is 42.9 Å². The van der Waals surface area contributed by atoms with E-state index in [0.717, 1.165) is 30.2 Å². The Morgan fingerprint density at radius 1 is 1.07 bits per heavy atom. The monoisotopic (exact) mass is 417 g/mol. The molecule has 1 aliphatic rings. The summed E-state index contributed by atoms with van der Waals surface area (Å²) in [6.07, 6.45) is 2.68. The van der Waals surface area contributed by atoms with Gasteiger partial charge in [0.1, 0.15) is 11.3 Å². The fourth-order valence-corrected chi connectivity index (χ4v) is 4.86. The number of likely N-dealkylation sites (tertiary alicyclic amines) is 1. The number of thiophene rings is 1. The van der Waals surface area contributed by atoms with Crippen molar-refractivity contribution in [2.75, 3.05) is 13.1 Å². The summed E-state index contributed by atoms with van der Waals surface area (Å²) in [6.45, 7) is 3.22. The van der Waals surface area contributed by atoms with Gasteiger partial charge in [0.25, 0.3) is 0 Å². The van der Waals surface area contributed by atoms with E-state index in [9.17, 15) is 13.2 Å². The molecule has 5 nitrogen and oxygen atoms in total. The van der Waals surface area contributed by atoms with Crippen LogP contribution < -0.4 is 0 Å². The molecule has 5 heterocycles. The van der Waals surface area contributed by atoms with Gasteiger partial charge in [0.2, 0.25) is 0 Å². The van der Waals surface area contributed by atoms with Gasteiger partial charge in [0.15, 0.2) is 0 Å². The van der Waals surface area contributed by atoms with E-state index in [1.54, 1.807) is 35.9 Å². The first-order valence-electron chi connectivity index (χ1n) is 9.38. The molecule has 0 bridgehead atoms. The van der Waals surface area contributed by atoms with Gasteiger partial charge in [0, 0.05) is 28.7 Å². The minimum absolute atomic E-state index is 0.0277. The van der Waals surface area contributed by atoms with Gasteiger partial charge in [-0.2, -0.15) is 18.3 Å². The van der Waals surface area contributed by atoms with Crippen molar-refractivity contribution in [3.63, 3.8) is 0 Å². The van der Waals surface area contributed by atoms with E-state index >= 15 is 0 Å². The van der Waals surface area contributed by atoms with Crippen molar-refractivity contribution in [2.45, 2.75) is 25.6 Å². The number of imidazole rings is 1. The third kappa shape index (κ3) is 3.44. The minimum atomic E-state index is -4.49. The number of fused-ring (bicyclic) bond motifs is 1. The first-order chi connectivity index (χ1) is 14.0. The van der Waals surface area contributed by atoms with Crippen LogP contribution >= 0.6 is 11.3 Å². The number of nitrogens with one attached hydrogen (secondary N) is 1. The molecule has 5 rings (SSSR count). The molecular formula is C20H18F3N5S. The number of pyridine rings is 1. The van der Waals surface area contributed by atoms with Gasteiger partial charge in [-0.1, -0.05) is 0 Å². The maximum atomic E-state index is 13.2.